The number of nitrogens with zero attached hydrogens (tertiary/aromatic N) is 1. The highest BCUT2D eigenvalue weighted by molar-refractivity contribution is 7.21. The first kappa shape index (κ1) is 24.2. The fourth-order valence-electron chi connectivity index (χ4n) is 4.11. The lowest BCUT2D eigenvalue weighted by molar-refractivity contribution is 0.0527. The van der Waals surface area contributed by atoms with Gasteiger partial charge in [0, 0.05) is 11.1 Å². The summed E-state index contributed by atoms with van der Waals surface area (Å²) in [7, 11) is 0. The molecule has 1 amide bonds. The molecular weight excluding hydrogens is 474 g/mol. The largest absolute Gasteiger partial charge is 0.462 e. The minimum atomic E-state index is -0.614. The lowest BCUT2D eigenvalue weighted by atomic mass is 10.1. The number of carbonyl (C=O) groups excluding carboxylic acids is 3. The molecule has 0 aromatic carbocycles. The van der Waals surface area contributed by atoms with E-state index in [4.69, 9.17) is 20.2 Å². The van der Waals surface area contributed by atoms with Crippen LogP contribution in [-0.2, 0) is 22.3 Å². The number of esters is 2. The van der Waals surface area contributed by atoms with Crippen LogP contribution in [0.2, 0.25) is 0 Å². The Bertz CT molecular complexity index is 1280. The number of pyridine rings is 1. The van der Waals surface area contributed by atoms with Crippen molar-refractivity contribution in [3.8, 4) is 0 Å². The van der Waals surface area contributed by atoms with Crippen LogP contribution in [0.3, 0.4) is 0 Å². The average Bonchev–Trinajstić information content (AvgIpc) is 3.18. The van der Waals surface area contributed by atoms with Crippen molar-refractivity contribution in [2.24, 2.45) is 0 Å². The van der Waals surface area contributed by atoms with Crippen molar-refractivity contribution in [1.82, 2.24) is 4.98 Å². The molecule has 1 aliphatic rings. The van der Waals surface area contributed by atoms with Crippen molar-refractivity contribution in [2.45, 2.75) is 52.9 Å². The maximum atomic E-state index is 13.3. The lowest BCUT2D eigenvalue weighted by Crippen LogP contribution is -2.15. The number of hydrogen-bond acceptors (Lipinski definition) is 9. The molecule has 0 fully saturated rings. The molecule has 180 valence electrons. The third-order valence-corrected chi connectivity index (χ3v) is 8.07. The number of fused-ring (bicyclic) bond motifs is 2. The van der Waals surface area contributed by atoms with E-state index in [0.717, 1.165) is 52.9 Å². The smallest absolute Gasteiger partial charge is 0.348 e. The molecule has 0 saturated heterocycles. The molecule has 0 spiro atoms. The number of ether oxygens (including phenoxy) is 2. The topological polar surface area (TPSA) is 121 Å². The van der Waals surface area contributed by atoms with E-state index < -0.39 is 17.8 Å². The molecule has 3 N–H and O–H groups in total. The second-order valence-corrected chi connectivity index (χ2v) is 10.0. The Morgan fingerprint density at radius 3 is 2.47 bits per heavy atom. The number of nitrogens with one attached hydrogen (secondary N) is 1. The molecule has 0 aliphatic heterocycles. The monoisotopic (exact) mass is 501 g/mol. The predicted octanol–water partition coefficient (Wildman–Crippen LogP) is 5.12. The quantitative estimate of drug-likeness (QED) is 0.355. The van der Waals surface area contributed by atoms with Crippen LogP contribution in [0.25, 0.3) is 10.2 Å². The van der Waals surface area contributed by atoms with Gasteiger partial charge >= 0.3 is 11.9 Å². The van der Waals surface area contributed by atoms with Crippen molar-refractivity contribution in [3.05, 3.63) is 38.2 Å². The molecule has 3 aromatic rings. The Morgan fingerprint density at radius 1 is 1.03 bits per heavy atom. The molecule has 0 saturated carbocycles. The number of carbonyl (C=O) groups is 3. The zero-order chi connectivity index (χ0) is 24.4. The Morgan fingerprint density at radius 2 is 1.74 bits per heavy atom. The van der Waals surface area contributed by atoms with Crippen LogP contribution in [0.15, 0.2) is 6.07 Å². The summed E-state index contributed by atoms with van der Waals surface area (Å²) in [6.45, 7) is 5.39. The first-order valence-corrected chi connectivity index (χ1v) is 13.0. The van der Waals surface area contributed by atoms with Gasteiger partial charge in [0.15, 0.2) is 0 Å². The molecule has 34 heavy (non-hydrogen) atoms. The summed E-state index contributed by atoms with van der Waals surface area (Å²) < 4.78 is 10.3. The van der Waals surface area contributed by atoms with Crippen molar-refractivity contribution in [2.75, 3.05) is 24.3 Å². The Labute approximate surface area is 205 Å². The van der Waals surface area contributed by atoms with Crippen LogP contribution in [0.1, 0.15) is 79.6 Å². The van der Waals surface area contributed by atoms with Gasteiger partial charge in [0.2, 0.25) is 0 Å². The van der Waals surface area contributed by atoms with Crippen molar-refractivity contribution in [3.63, 3.8) is 0 Å². The van der Waals surface area contributed by atoms with Gasteiger partial charge in [-0.05, 0) is 63.6 Å². The van der Waals surface area contributed by atoms with E-state index in [9.17, 15) is 14.4 Å². The number of nitrogen functional groups attached to an aromatic ring is 1. The third-order valence-electron chi connectivity index (χ3n) is 5.77. The van der Waals surface area contributed by atoms with Gasteiger partial charge in [0.25, 0.3) is 5.91 Å². The highest BCUT2D eigenvalue weighted by Gasteiger charge is 2.29. The molecule has 0 radical (unpaired) electrons. The van der Waals surface area contributed by atoms with Crippen molar-refractivity contribution in [1.29, 1.82) is 0 Å². The molecule has 10 heteroatoms. The number of amides is 1. The van der Waals surface area contributed by atoms with Gasteiger partial charge in [0.1, 0.15) is 19.6 Å². The molecule has 3 heterocycles. The number of rotatable bonds is 6. The van der Waals surface area contributed by atoms with Crippen molar-refractivity contribution >= 4 is 61.4 Å². The van der Waals surface area contributed by atoms with Crippen LogP contribution >= 0.6 is 22.7 Å². The zero-order valence-electron chi connectivity index (χ0n) is 19.4. The Balaban J connectivity index is 1.70. The van der Waals surface area contributed by atoms with E-state index in [0.29, 0.717) is 16.1 Å². The molecule has 1 aliphatic carbocycles. The number of thiophene rings is 2. The zero-order valence-corrected chi connectivity index (χ0v) is 21.0. The second kappa shape index (κ2) is 10.1. The first-order valence-electron chi connectivity index (χ1n) is 11.3. The van der Waals surface area contributed by atoms with Crippen LogP contribution in [0.4, 0.5) is 10.7 Å². The first-order chi connectivity index (χ1) is 16.3. The Kier molecular flexibility index (Phi) is 7.18. The van der Waals surface area contributed by atoms with Crippen LogP contribution in [0.5, 0.6) is 0 Å². The standard InChI is InChI=1S/C24H27N3O5S2/c1-4-31-23(29)16-12(3)18(24(30)32-5-2)33-22(16)27-20(28)19-17(25)14-11-13-9-7-6-8-10-15(13)26-21(14)34-19/h11H,4-10,25H2,1-3H3,(H,27,28). The van der Waals surface area contributed by atoms with Gasteiger partial charge in [0.05, 0.1) is 24.5 Å². The number of aromatic nitrogens is 1. The summed E-state index contributed by atoms with van der Waals surface area (Å²) >= 11 is 2.22. The fourth-order valence-corrected chi connectivity index (χ4v) is 6.18. The summed E-state index contributed by atoms with van der Waals surface area (Å²) in [4.78, 5) is 44.4. The maximum Gasteiger partial charge on any atom is 0.348 e. The Hall–Kier alpha value is -2.98. The number of nitrogens with two attached hydrogens (primary N) is 1. The van der Waals surface area contributed by atoms with E-state index in [1.54, 1.807) is 20.8 Å². The predicted molar refractivity (Wildman–Crippen MR) is 134 cm³/mol. The summed E-state index contributed by atoms with van der Waals surface area (Å²) in [5.41, 5.74) is 9.58. The number of hydrogen-bond donors (Lipinski definition) is 2. The molecule has 4 rings (SSSR count). The van der Waals surface area contributed by atoms with Gasteiger partial charge in [-0.1, -0.05) is 6.42 Å². The molecule has 0 bridgehead atoms. The summed E-state index contributed by atoms with van der Waals surface area (Å²) in [6.07, 6.45) is 5.30. The van der Waals surface area contributed by atoms with E-state index in [-0.39, 0.29) is 28.7 Å². The summed E-state index contributed by atoms with van der Waals surface area (Å²) in [6, 6.07) is 2.06. The maximum absolute atomic E-state index is 13.3. The third kappa shape index (κ3) is 4.52. The summed E-state index contributed by atoms with van der Waals surface area (Å²) in [5, 5.41) is 3.78. The van der Waals surface area contributed by atoms with Crippen molar-refractivity contribution < 1.29 is 23.9 Å². The number of aryl methyl sites for hydroxylation is 2. The molecule has 8 nitrogen and oxygen atoms in total. The molecular formula is C24H27N3O5S2. The highest BCUT2D eigenvalue weighted by atomic mass is 32.1. The van der Waals surface area contributed by atoms with E-state index in [1.807, 2.05) is 0 Å². The van der Waals surface area contributed by atoms with Gasteiger partial charge in [-0.15, -0.1) is 22.7 Å². The molecule has 0 unspecified atom stereocenters. The normalized spacial score (nSPS) is 13.3. The second-order valence-electron chi connectivity index (χ2n) is 8.01. The lowest BCUT2D eigenvalue weighted by Gasteiger charge is -2.07. The van der Waals surface area contributed by atoms with E-state index >= 15 is 0 Å². The SMILES string of the molecule is CCOC(=O)c1sc(NC(=O)c2sc3nc4c(cc3c2N)CCCCC4)c(C(=O)OCC)c1C. The van der Waals surface area contributed by atoms with E-state index in [1.165, 1.54) is 23.3 Å². The fraction of sp³-hybridized carbons (Fsp3) is 0.417. The van der Waals surface area contributed by atoms with E-state index in [2.05, 4.69) is 11.4 Å². The summed E-state index contributed by atoms with van der Waals surface area (Å²) in [5.74, 6) is -1.63. The van der Waals surface area contributed by atoms with Gasteiger partial charge in [-0.2, -0.15) is 0 Å². The highest BCUT2D eigenvalue weighted by Crippen LogP contribution is 2.38. The molecule has 0 atom stereocenters. The van der Waals surface area contributed by atoms with Gasteiger partial charge < -0.3 is 20.5 Å². The van der Waals surface area contributed by atoms with Crippen LogP contribution in [0, 0.1) is 6.92 Å². The minimum absolute atomic E-state index is 0.146. The van der Waals surface area contributed by atoms with Gasteiger partial charge in [-0.25, -0.2) is 14.6 Å². The van der Waals surface area contributed by atoms with Gasteiger partial charge in [-0.3, -0.25) is 4.79 Å². The van der Waals surface area contributed by atoms with Crippen LogP contribution < -0.4 is 11.1 Å². The van der Waals surface area contributed by atoms with Crippen LogP contribution in [-0.4, -0.2) is 36.0 Å². The molecule has 3 aromatic heterocycles. The minimum Gasteiger partial charge on any atom is -0.462 e. The average molecular weight is 502 g/mol. The number of anilines is 2.